The molecule has 0 radical (unpaired) electrons. The smallest absolute Gasteiger partial charge is 0.282 e. The van der Waals surface area contributed by atoms with E-state index in [-0.39, 0.29) is 0 Å². The van der Waals surface area contributed by atoms with Crippen LogP contribution in [0.15, 0.2) is 46.6 Å². The molecule has 4 bridgehead atoms. The molecular weight excluding hydrogens is 972 g/mol. The van der Waals surface area contributed by atoms with Gasteiger partial charge in [0.1, 0.15) is 0 Å². The average molecular weight is 1010 g/mol. The fourth-order valence-corrected chi connectivity index (χ4v) is 16.9. The third kappa shape index (κ3) is 11.8. The second kappa shape index (κ2) is 16.8. The number of phosphoric acid groups is 8. The van der Waals surface area contributed by atoms with Crippen molar-refractivity contribution in [1.29, 1.82) is 0 Å². The van der Waals surface area contributed by atoms with E-state index in [0.29, 0.717) is 22.3 Å². The van der Waals surface area contributed by atoms with Gasteiger partial charge in [-0.1, -0.05) is 46.6 Å². The molecular formula is C23H36O28P8. The third-order valence-corrected chi connectivity index (χ3v) is 20.0. The zero-order valence-electron chi connectivity index (χ0n) is 31.6. The van der Waals surface area contributed by atoms with Crippen molar-refractivity contribution >= 4 is 62.6 Å². The van der Waals surface area contributed by atoms with E-state index in [4.69, 9.17) is 81.0 Å². The average Bonchev–Trinajstić information content (AvgIpc) is 2.95. The molecule has 0 aromatic heterocycles. The van der Waals surface area contributed by atoms with Crippen LogP contribution in [0, 0.1) is 0 Å². The molecule has 8 heterocycles. The Labute approximate surface area is 335 Å². The molecule has 8 saturated heterocycles. The Hall–Kier alpha value is -0.000000000000000264. The van der Waals surface area contributed by atoms with Gasteiger partial charge in [-0.05, 0) is 55.4 Å². The topological polar surface area (TPSA) is 321 Å². The SMILES string of the molecule is CC(C)=CCOP1(=O)OC2(OP(=O)(OCC=C(C)C)OP3(=O)OC4(OP(=O)(OCC=C(C)C)OP(=O)(OC56OP(=O)(OCC=C(C)C)OP(=O)(O5)O6)O4)O3)OP(=O)(O2)O1. The van der Waals surface area contributed by atoms with E-state index < -0.39 is 107 Å². The van der Waals surface area contributed by atoms with Gasteiger partial charge in [0.15, 0.2) is 0 Å². The minimum Gasteiger partial charge on any atom is -0.282 e. The first kappa shape index (κ1) is 48.5. The summed E-state index contributed by atoms with van der Waals surface area (Å²) in [4.78, 5) is 0. The minimum atomic E-state index is -5.81. The lowest BCUT2D eigenvalue weighted by Crippen LogP contribution is -2.53. The molecule has 36 heteroatoms. The molecule has 0 saturated carbocycles. The van der Waals surface area contributed by atoms with Gasteiger partial charge in [0.05, 0.1) is 26.4 Å². The van der Waals surface area contributed by atoms with Crippen LogP contribution in [0.5, 0.6) is 0 Å². The largest absolute Gasteiger partial charge is 0.496 e. The van der Waals surface area contributed by atoms with Crippen molar-refractivity contribution in [2.45, 2.75) is 73.9 Å². The summed E-state index contributed by atoms with van der Waals surface area (Å²) in [6.45, 7) is 10.9. The van der Waals surface area contributed by atoms with Crippen molar-refractivity contribution in [2.24, 2.45) is 0 Å². The summed E-state index contributed by atoms with van der Waals surface area (Å²) in [5, 5.41) is 0. The minimum absolute atomic E-state index is 0.416. The van der Waals surface area contributed by atoms with Gasteiger partial charge in [-0.2, -0.15) is 17.2 Å². The highest BCUT2D eigenvalue weighted by Gasteiger charge is 2.80. The molecule has 5 atom stereocenters. The second-order valence-corrected chi connectivity index (χ2v) is 25.8. The summed E-state index contributed by atoms with van der Waals surface area (Å²) < 4.78 is 206. The fourth-order valence-electron chi connectivity index (χ4n) is 4.00. The highest BCUT2D eigenvalue weighted by molar-refractivity contribution is 7.66. The monoisotopic (exact) mass is 1010 g/mol. The Kier molecular flexibility index (Phi) is 13.8. The van der Waals surface area contributed by atoms with E-state index in [2.05, 4.69) is 8.62 Å². The second-order valence-electron chi connectivity index (χ2n) is 12.8. The lowest BCUT2D eigenvalue weighted by atomic mass is 10.3. The summed E-state index contributed by atoms with van der Waals surface area (Å²) in [5.74, 6) is 0. The van der Waals surface area contributed by atoms with Crippen LogP contribution in [0.2, 0.25) is 0 Å². The van der Waals surface area contributed by atoms with Crippen LogP contribution in [0.1, 0.15) is 55.4 Å². The van der Waals surface area contributed by atoms with Crippen molar-refractivity contribution in [2.75, 3.05) is 26.4 Å². The summed E-state index contributed by atoms with van der Waals surface area (Å²) in [6, 6.07) is 0. The van der Waals surface area contributed by atoms with Crippen molar-refractivity contribution in [3.05, 3.63) is 46.6 Å². The predicted octanol–water partition coefficient (Wildman–Crippen LogP) is 9.96. The lowest BCUT2D eigenvalue weighted by molar-refractivity contribution is -0.467. The lowest BCUT2D eigenvalue weighted by Gasteiger charge is -2.50. The van der Waals surface area contributed by atoms with E-state index in [9.17, 15) is 36.5 Å². The molecule has 0 aromatic rings. The van der Waals surface area contributed by atoms with Crippen LogP contribution in [0.3, 0.4) is 0 Å². The van der Waals surface area contributed by atoms with E-state index >= 15 is 0 Å². The number of rotatable bonds is 18. The van der Waals surface area contributed by atoms with Gasteiger partial charge in [-0.15, -0.1) is 0 Å². The molecule has 8 fully saturated rings. The van der Waals surface area contributed by atoms with Gasteiger partial charge in [0.2, 0.25) is 0 Å². The predicted molar refractivity (Wildman–Crippen MR) is 188 cm³/mol. The van der Waals surface area contributed by atoms with E-state index in [1.165, 1.54) is 24.3 Å². The molecule has 28 nitrogen and oxygen atoms in total. The Balaban J connectivity index is 1.23. The van der Waals surface area contributed by atoms with Crippen LogP contribution in [0.25, 0.3) is 0 Å². The van der Waals surface area contributed by atoms with Gasteiger partial charge in [0, 0.05) is 0 Å². The van der Waals surface area contributed by atoms with E-state index in [0.717, 1.165) is 0 Å². The normalized spacial score (nSPS) is 44.1. The van der Waals surface area contributed by atoms with Crippen LogP contribution < -0.4 is 0 Å². The van der Waals surface area contributed by atoms with Crippen molar-refractivity contribution in [3.63, 3.8) is 0 Å². The molecule has 1 spiro atoms. The molecule has 0 aliphatic carbocycles. The molecule has 0 aromatic carbocycles. The van der Waals surface area contributed by atoms with Gasteiger partial charge in [0.25, 0.3) is 0 Å². The maximum Gasteiger partial charge on any atom is 0.496 e. The first-order chi connectivity index (χ1) is 27.0. The first-order valence-electron chi connectivity index (χ1n) is 16.2. The Morgan fingerprint density at radius 1 is 0.475 bits per heavy atom. The van der Waals surface area contributed by atoms with Gasteiger partial charge in [-0.25, -0.2) is 90.8 Å². The highest BCUT2D eigenvalue weighted by Crippen LogP contribution is 2.89. The molecule has 8 aliphatic rings. The number of hydrogen-bond donors (Lipinski definition) is 0. The zero-order chi connectivity index (χ0) is 43.6. The van der Waals surface area contributed by atoms with Gasteiger partial charge >= 0.3 is 81.1 Å². The molecule has 8 rings (SSSR count). The summed E-state index contributed by atoms with van der Waals surface area (Å²) in [6.07, 6.45) is -4.73. The third-order valence-electron chi connectivity index (χ3n) is 6.38. The number of fused-ring (bicyclic) bond motifs is 4. The molecule has 8 aliphatic heterocycles. The van der Waals surface area contributed by atoms with Crippen LogP contribution in [-0.2, 0) is 126 Å². The van der Waals surface area contributed by atoms with Crippen LogP contribution in [-0.4, -0.2) is 44.9 Å². The fraction of sp³-hybridized carbons (Fsp3) is 0.652. The number of phosphoric ester groups is 8. The van der Waals surface area contributed by atoms with Crippen molar-refractivity contribution < 1.29 is 126 Å². The summed E-state index contributed by atoms with van der Waals surface area (Å²) in [7, 11) is -41.7. The standard InChI is InChI=1S/C23H36O28P8/c1-17(2)9-13-32-52(24)36-21(40-56(28,41-21)48-52)37-53(25,33-14-10-18(3)4)49-57(29)42-22(43-57)38-54(26,34-15-11-19(5)6)50-58(30,44-22)45-23-39-55(27,35-16-12-20(7)8)51-59(31,46-23)47-23/h9-12H,13-16H2,1-8H3. The van der Waals surface area contributed by atoms with Crippen LogP contribution in [0.4, 0.5) is 0 Å². The van der Waals surface area contributed by atoms with Gasteiger partial charge < -0.3 is 0 Å². The number of hydrogen-bond acceptors (Lipinski definition) is 28. The Bertz CT molecular complexity index is 2200. The molecule has 0 amide bonds. The van der Waals surface area contributed by atoms with E-state index in [1.807, 2.05) is 0 Å². The molecule has 59 heavy (non-hydrogen) atoms. The first-order valence-corrected chi connectivity index (χ1v) is 27.9. The Morgan fingerprint density at radius 3 is 1.31 bits per heavy atom. The molecule has 5 unspecified atom stereocenters. The van der Waals surface area contributed by atoms with Crippen molar-refractivity contribution in [3.8, 4) is 0 Å². The summed E-state index contributed by atoms with van der Waals surface area (Å²) >= 11 is 0. The molecule has 0 N–H and O–H groups in total. The van der Waals surface area contributed by atoms with Crippen LogP contribution >= 0.6 is 62.6 Å². The summed E-state index contributed by atoms with van der Waals surface area (Å²) in [5.41, 5.74) is 2.56. The maximum atomic E-state index is 14.0. The molecule has 336 valence electrons. The Morgan fingerprint density at radius 2 is 0.847 bits per heavy atom. The van der Waals surface area contributed by atoms with Crippen molar-refractivity contribution in [1.82, 2.24) is 0 Å². The van der Waals surface area contributed by atoms with Gasteiger partial charge in [-0.3, -0.25) is 18.1 Å². The quantitative estimate of drug-likeness (QED) is 0.0910. The zero-order valence-corrected chi connectivity index (χ0v) is 38.8. The maximum absolute atomic E-state index is 14.0. The highest BCUT2D eigenvalue weighted by atomic mass is 31.3. The number of allylic oxidation sites excluding steroid dienone is 4. The van der Waals surface area contributed by atoms with E-state index in [1.54, 1.807) is 55.4 Å².